The Bertz CT molecular complexity index is 1140. The Morgan fingerprint density at radius 2 is 1.53 bits per heavy atom. The molecule has 6 rings (SSSR count). The van der Waals surface area contributed by atoms with E-state index in [1.54, 1.807) is 16.9 Å². The van der Waals surface area contributed by atoms with Crippen molar-refractivity contribution < 1.29 is 4.74 Å². The number of ether oxygens (including phenoxy) is 1. The van der Waals surface area contributed by atoms with Crippen molar-refractivity contribution in [2.45, 2.75) is 13.8 Å². The van der Waals surface area contributed by atoms with Crippen LogP contribution in [0.15, 0.2) is 104 Å². The normalized spacial score (nSPS) is 10.6. The Kier molecular flexibility index (Phi) is 10.2. The number of para-hydroxylation sites is 2. The summed E-state index contributed by atoms with van der Waals surface area (Å²) in [5, 5.41) is 5.17. The summed E-state index contributed by atoms with van der Waals surface area (Å²) in [6, 6.07) is 23.8. The van der Waals surface area contributed by atoms with Crippen LogP contribution in [0.1, 0.15) is 19.4 Å². The standard InChI is InChI=1S/C9H7N.C9H8O.C6H5N3.C2H6.B/c2*1-2-6-9-8(4-1)5-3-7-10-9;1-3-7-6-2-4-8-9(6)5-1;1-2;/h1-7H;1-6H,7H2;1-5H;1-2H3;. The minimum atomic E-state index is 0. The molecule has 0 unspecified atom stereocenters. The Labute approximate surface area is 191 Å². The van der Waals surface area contributed by atoms with Gasteiger partial charge in [0.1, 0.15) is 12.4 Å². The van der Waals surface area contributed by atoms with E-state index in [0.717, 1.165) is 16.9 Å². The first-order chi connectivity index (χ1) is 15.4. The van der Waals surface area contributed by atoms with E-state index in [9.17, 15) is 0 Å². The number of fused-ring (bicyclic) bond motifs is 3. The number of nitrogens with zero attached hydrogens (tertiary/aromatic N) is 4. The molecule has 0 fully saturated rings. The molecule has 3 aromatic heterocycles. The molecule has 159 valence electrons. The molecule has 1 aliphatic heterocycles. The van der Waals surface area contributed by atoms with E-state index in [4.69, 9.17) is 4.74 Å². The zero-order chi connectivity index (χ0) is 21.7. The van der Waals surface area contributed by atoms with Crippen LogP contribution in [0.3, 0.4) is 0 Å². The second-order valence-corrected chi connectivity index (χ2v) is 6.20. The average molecular weight is 421 g/mol. The molecular weight excluding hydrogens is 395 g/mol. The van der Waals surface area contributed by atoms with Crippen molar-refractivity contribution in [1.82, 2.24) is 19.6 Å². The van der Waals surface area contributed by atoms with Crippen LogP contribution in [0.5, 0.6) is 5.75 Å². The highest BCUT2D eigenvalue weighted by Gasteiger charge is 2.01. The summed E-state index contributed by atoms with van der Waals surface area (Å²) in [6.45, 7) is 4.71. The minimum Gasteiger partial charge on any atom is -0.489 e. The summed E-state index contributed by atoms with van der Waals surface area (Å²) in [5.74, 6) is 0.991. The van der Waals surface area contributed by atoms with E-state index in [1.807, 2.05) is 93.0 Å². The first-order valence-corrected chi connectivity index (χ1v) is 10.3. The van der Waals surface area contributed by atoms with Gasteiger partial charge in [0.25, 0.3) is 0 Å². The van der Waals surface area contributed by atoms with Gasteiger partial charge in [-0.05, 0) is 30.3 Å². The van der Waals surface area contributed by atoms with E-state index >= 15 is 0 Å². The maximum atomic E-state index is 5.34. The van der Waals surface area contributed by atoms with Crippen LogP contribution >= 0.6 is 0 Å². The van der Waals surface area contributed by atoms with Gasteiger partial charge in [0.2, 0.25) is 0 Å². The summed E-state index contributed by atoms with van der Waals surface area (Å²) in [4.78, 5) is 8.22. The van der Waals surface area contributed by atoms with Crippen LogP contribution in [0.4, 0.5) is 0 Å². The molecule has 3 radical (unpaired) electrons. The maximum Gasteiger partial charge on any atom is 0.154 e. The molecule has 0 spiro atoms. The fourth-order valence-electron chi connectivity index (χ4n) is 2.84. The second-order valence-electron chi connectivity index (χ2n) is 6.20. The van der Waals surface area contributed by atoms with Gasteiger partial charge >= 0.3 is 0 Å². The van der Waals surface area contributed by atoms with Crippen LogP contribution in [0.2, 0.25) is 0 Å². The molecule has 0 amide bonds. The molecule has 5 aromatic rings. The van der Waals surface area contributed by atoms with Gasteiger partial charge in [-0.2, -0.15) is 5.10 Å². The molecule has 0 N–H and O–H groups in total. The minimum absolute atomic E-state index is 0. The largest absolute Gasteiger partial charge is 0.489 e. The number of benzene rings is 2. The molecule has 6 heteroatoms. The molecule has 0 atom stereocenters. The van der Waals surface area contributed by atoms with Gasteiger partial charge in [0.05, 0.1) is 11.7 Å². The van der Waals surface area contributed by atoms with Gasteiger partial charge in [-0.3, -0.25) is 4.98 Å². The van der Waals surface area contributed by atoms with E-state index in [0.29, 0.717) is 6.61 Å². The summed E-state index contributed by atoms with van der Waals surface area (Å²) >= 11 is 0. The first-order valence-electron chi connectivity index (χ1n) is 10.3. The zero-order valence-corrected chi connectivity index (χ0v) is 18.4. The molecule has 0 saturated carbocycles. The van der Waals surface area contributed by atoms with Gasteiger partial charge < -0.3 is 4.74 Å². The topological polar surface area (TPSA) is 52.3 Å². The highest BCUT2D eigenvalue weighted by Crippen LogP contribution is 2.21. The third kappa shape index (κ3) is 6.81. The number of hydrogen-bond donors (Lipinski definition) is 0. The molecule has 0 saturated heterocycles. The lowest BCUT2D eigenvalue weighted by Gasteiger charge is -2.10. The quantitative estimate of drug-likeness (QED) is 0.301. The van der Waals surface area contributed by atoms with Crippen LogP contribution in [0.25, 0.3) is 22.6 Å². The Balaban J connectivity index is 0.000000161. The molecule has 4 heterocycles. The molecule has 2 aromatic carbocycles. The lowest BCUT2D eigenvalue weighted by Crippen LogP contribution is -1.98. The van der Waals surface area contributed by atoms with Crippen molar-refractivity contribution in [3.05, 3.63) is 109 Å². The van der Waals surface area contributed by atoms with Gasteiger partial charge in [-0.25, -0.2) is 9.50 Å². The monoisotopic (exact) mass is 421 g/mol. The fraction of sp³-hybridized carbons (Fsp3) is 0.115. The predicted molar refractivity (Wildman–Crippen MR) is 133 cm³/mol. The third-order valence-electron chi connectivity index (χ3n) is 4.23. The van der Waals surface area contributed by atoms with E-state index in [2.05, 4.69) is 33.3 Å². The van der Waals surface area contributed by atoms with E-state index < -0.39 is 0 Å². The van der Waals surface area contributed by atoms with Gasteiger partial charge in [0, 0.05) is 44.0 Å². The molecular formula is C26H26BN4O. The summed E-state index contributed by atoms with van der Waals surface area (Å²) < 4.78 is 7.06. The SMILES string of the molecule is C1=Cc2ccccc2OC1.CC.[B].c1ccc2ncccc2c1.c1cnc2ccnn2c1. The molecule has 1 aliphatic rings. The highest BCUT2D eigenvalue weighted by atomic mass is 16.5. The lowest BCUT2D eigenvalue weighted by atomic mass is 10.1. The van der Waals surface area contributed by atoms with Gasteiger partial charge in [-0.1, -0.05) is 62.4 Å². The van der Waals surface area contributed by atoms with Gasteiger partial charge in [-0.15, -0.1) is 0 Å². The van der Waals surface area contributed by atoms with Crippen LogP contribution in [-0.2, 0) is 0 Å². The average Bonchev–Trinajstić information content (AvgIpc) is 3.35. The van der Waals surface area contributed by atoms with Crippen LogP contribution < -0.4 is 4.74 Å². The molecule has 5 nitrogen and oxygen atoms in total. The second kappa shape index (κ2) is 13.4. The molecule has 32 heavy (non-hydrogen) atoms. The van der Waals surface area contributed by atoms with Gasteiger partial charge in [0.15, 0.2) is 5.65 Å². The van der Waals surface area contributed by atoms with Crippen molar-refractivity contribution in [1.29, 1.82) is 0 Å². The van der Waals surface area contributed by atoms with Crippen molar-refractivity contribution in [2.24, 2.45) is 0 Å². The van der Waals surface area contributed by atoms with Crippen LogP contribution in [0, 0.1) is 0 Å². The van der Waals surface area contributed by atoms with Crippen molar-refractivity contribution in [3.63, 3.8) is 0 Å². The molecule has 0 bridgehead atoms. The molecule has 0 aliphatic carbocycles. The zero-order valence-electron chi connectivity index (χ0n) is 18.4. The number of aromatic nitrogens is 4. The van der Waals surface area contributed by atoms with E-state index in [-0.39, 0.29) is 8.41 Å². The Morgan fingerprint density at radius 3 is 2.34 bits per heavy atom. The Morgan fingerprint density at radius 1 is 0.781 bits per heavy atom. The fourth-order valence-corrected chi connectivity index (χ4v) is 2.84. The van der Waals surface area contributed by atoms with Crippen molar-refractivity contribution in [2.75, 3.05) is 6.61 Å². The highest BCUT2D eigenvalue weighted by molar-refractivity contribution is 5.77. The summed E-state index contributed by atoms with van der Waals surface area (Å²) in [5.41, 5.74) is 3.12. The van der Waals surface area contributed by atoms with Crippen molar-refractivity contribution in [3.8, 4) is 5.75 Å². The Hall–Kier alpha value is -3.93. The first kappa shape index (κ1) is 24.3. The third-order valence-corrected chi connectivity index (χ3v) is 4.23. The smallest absolute Gasteiger partial charge is 0.154 e. The predicted octanol–water partition coefficient (Wildman–Crippen LogP) is 5.70. The number of pyridine rings is 1. The van der Waals surface area contributed by atoms with Crippen molar-refractivity contribution >= 4 is 31.0 Å². The van der Waals surface area contributed by atoms with E-state index in [1.165, 1.54) is 10.9 Å². The number of rotatable bonds is 0. The summed E-state index contributed by atoms with van der Waals surface area (Å²) in [7, 11) is 0. The maximum absolute atomic E-state index is 5.34. The summed E-state index contributed by atoms with van der Waals surface area (Å²) in [6.07, 6.45) is 11.2. The van der Waals surface area contributed by atoms with Crippen LogP contribution in [-0.4, -0.2) is 34.6 Å². The lowest BCUT2D eigenvalue weighted by molar-refractivity contribution is 0.358. The number of hydrogen-bond acceptors (Lipinski definition) is 4.